The zero-order chi connectivity index (χ0) is 19.8. The Balaban J connectivity index is 2.30. The van der Waals surface area contributed by atoms with Crippen LogP contribution in [0.2, 0.25) is 5.02 Å². The van der Waals surface area contributed by atoms with Gasteiger partial charge in [-0.05, 0) is 43.7 Å². The zero-order valence-electron chi connectivity index (χ0n) is 15.5. The van der Waals surface area contributed by atoms with Gasteiger partial charge in [0.2, 0.25) is 0 Å². The number of esters is 1. The highest BCUT2D eigenvalue weighted by Crippen LogP contribution is 2.26. The van der Waals surface area contributed by atoms with Gasteiger partial charge in [0.25, 0.3) is 5.91 Å². The summed E-state index contributed by atoms with van der Waals surface area (Å²) in [6.45, 7) is 3.94. The lowest BCUT2D eigenvalue weighted by Crippen LogP contribution is -2.44. The van der Waals surface area contributed by atoms with Gasteiger partial charge in [0.15, 0.2) is 0 Å². The minimum Gasteiger partial charge on any atom is -0.464 e. The molecule has 1 atom stereocenters. The second kappa shape index (κ2) is 10.1. The molecule has 2 aromatic carbocycles. The lowest BCUT2D eigenvalue weighted by Gasteiger charge is -2.28. The number of nitrogens with zero attached hydrogens (tertiary/aromatic N) is 1. The third-order valence-corrected chi connectivity index (χ3v) is 4.43. The molecule has 0 saturated heterocycles. The molecule has 0 bridgehead atoms. The van der Waals surface area contributed by atoms with Crippen molar-refractivity contribution in [1.29, 1.82) is 0 Å². The lowest BCUT2D eigenvalue weighted by molar-refractivity contribution is -0.144. The van der Waals surface area contributed by atoms with E-state index in [1.54, 1.807) is 37.3 Å². The Morgan fingerprint density at radius 1 is 1.15 bits per heavy atom. The summed E-state index contributed by atoms with van der Waals surface area (Å²) in [4.78, 5) is 26.8. The van der Waals surface area contributed by atoms with Gasteiger partial charge in [0, 0.05) is 11.3 Å². The molecule has 0 N–H and O–H groups in total. The molecule has 0 heterocycles. The van der Waals surface area contributed by atoms with Gasteiger partial charge in [-0.2, -0.15) is 0 Å². The number of ether oxygens (including phenoxy) is 1. The molecule has 0 unspecified atom stereocenters. The van der Waals surface area contributed by atoms with Crippen molar-refractivity contribution in [3.05, 3.63) is 64.9 Å². The number of unbranched alkanes of at least 4 members (excludes halogenated alkanes) is 2. The van der Waals surface area contributed by atoms with E-state index in [1.165, 1.54) is 23.1 Å². The molecule has 0 radical (unpaired) electrons. The van der Waals surface area contributed by atoms with Crippen molar-refractivity contribution in [1.82, 2.24) is 0 Å². The maximum atomic E-state index is 13.6. The van der Waals surface area contributed by atoms with Crippen molar-refractivity contribution < 1.29 is 18.7 Å². The number of rotatable bonds is 8. The van der Waals surface area contributed by atoms with Crippen LogP contribution in [0.4, 0.5) is 10.1 Å². The van der Waals surface area contributed by atoms with Crippen molar-refractivity contribution >= 4 is 29.2 Å². The minimum absolute atomic E-state index is 0.123. The smallest absolute Gasteiger partial charge is 0.328 e. The highest BCUT2D eigenvalue weighted by atomic mass is 35.5. The van der Waals surface area contributed by atoms with Crippen LogP contribution in [0.1, 0.15) is 43.5 Å². The van der Waals surface area contributed by atoms with Crippen LogP contribution < -0.4 is 4.90 Å². The molecule has 1 amide bonds. The number of amides is 1. The second-order valence-corrected chi connectivity index (χ2v) is 6.60. The first-order valence-electron chi connectivity index (χ1n) is 8.96. The van der Waals surface area contributed by atoms with Crippen molar-refractivity contribution in [2.75, 3.05) is 11.5 Å². The van der Waals surface area contributed by atoms with Gasteiger partial charge in [0.05, 0.1) is 11.6 Å². The van der Waals surface area contributed by atoms with Gasteiger partial charge in [-0.3, -0.25) is 9.69 Å². The molecule has 2 aromatic rings. The molecule has 2 rings (SSSR count). The van der Waals surface area contributed by atoms with E-state index in [1.807, 2.05) is 0 Å². The van der Waals surface area contributed by atoms with Crippen LogP contribution >= 0.6 is 11.6 Å². The fourth-order valence-electron chi connectivity index (χ4n) is 2.62. The molecule has 0 aliphatic carbocycles. The molecule has 0 spiro atoms. The van der Waals surface area contributed by atoms with Crippen molar-refractivity contribution in [2.45, 2.75) is 39.2 Å². The van der Waals surface area contributed by atoms with Gasteiger partial charge in [-0.15, -0.1) is 0 Å². The maximum Gasteiger partial charge on any atom is 0.328 e. The number of hydrogen-bond acceptors (Lipinski definition) is 3. The van der Waals surface area contributed by atoms with Crippen molar-refractivity contribution in [2.24, 2.45) is 0 Å². The SMILES string of the molecule is CCCCCOC(=O)[C@H](C)N(C(=O)c1ccccc1)c1ccc(F)c(Cl)c1. The van der Waals surface area contributed by atoms with Crippen LogP contribution in [0.15, 0.2) is 48.5 Å². The first kappa shape index (κ1) is 20.9. The topological polar surface area (TPSA) is 46.6 Å². The number of hydrogen-bond donors (Lipinski definition) is 0. The molecular formula is C21H23ClFNO3. The van der Waals surface area contributed by atoms with E-state index in [-0.39, 0.29) is 5.02 Å². The van der Waals surface area contributed by atoms with Crippen molar-refractivity contribution in [3.8, 4) is 0 Å². The number of benzene rings is 2. The fourth-order valence-corrected chi connectivity index (χ4v) is 2.80. The van der Waals surface area contributed by atoms with E-state index in [0.29, 0.717) is 17.9 Å². The predicted molar refractivity (Wildman–Crippen MR) is 105 cm³/mol. The number of carbonyl (C=O) groups excluding carboxylic acids is 2. The van der Waals surface area contributed by atoms with E-state index < -0.39 is 23.7 Å². The molecule has 0 saturated carbocycles. The highest BCUT2D eigenvalue weighted by molar-refractivity contribution is 6.31. The van der Waals surface area contributed by atoms with E-state index in [2.05, 4.69) is 6.92 Å². The summed E-state index contributed by atoms with van der Waals surface area (Å²) < 4.78 is 18.9. The van der Waals surface area contributed by atoms with Crippen LogP contribution in [0.25, 0.3) is 0 Å². The van der Waals surface area contributed by atoms with E-state index in [0.717, 1.165) is 19.3 Å². The van der Waals surface area contributed by atoms with E-state index in [9.17, 15) is 14.0 Å². The van der Waals surface area contributed by atoms with E-state index in [4.69, 9.17) is 16.3 Å². The highest BCUT2D eigenvalue weighted by Gasteiger charge is 2.29. The third kappa shape index (κ3) is 5.54. The molecule has 144 valence electrons. The molecule has 0 fully saturated rings. The summed E-state index contributed by atoms with van der Waals surface area (Å²) in [6, 6.07) is 11.6. The molecule has 0 aromatic heterocycles. The Labute approximate surface area is 163 Å². The van der Waals surface area contributed by atoms with Crippen LogP contribution in [-0.2, 0) is 9.53 Å². The fraction of sp³-hybridized carbons (Fsp3) is 0.333. The van der Waals surface area contributed by atoms with Gasteiger partial charge in [-0.25, -0.2) is 9.18 Å². The molecule has 4 nitrogen and oxygen atoms in total. The molecular weight excluding hydrogens is 369 g/mol. The van der Waals surface area contributed by atoms with Crippen LogP contribution in [0.3, 0.4) is 0 Å². The monoisotopic (exact) mass is 391 g/mol. The minimum atomic E-state index is -0.888. The summed E-state index contributed by atoms with van der Waals surface area (Å²) in [5.74, 6) is -1.51. The summed E-state index contributed by atoms with van der Waals surface area (Å²) in [5, 5.41) is -0.123. The summed E-state index contributed by atoms with van der Waals surface area (Å²) in [7, 11) is 0. The van der Waals surface area contributed by atoms with Crippen LogP contribution in [0.5, 0.6) is 0 Å². The molecule has 0 aliphatic rings. The number of anilines is 1. The largest absolute Gasteiger partial charge is 0.464 e. The van der Waals surface area contributed by atoms with E-state index >= 15 is 0 Å². The van der Waals surface area contributed by atoms with Crippen LogP contribution in [0, 0.1) is 5.82 Å². The predicted octanol–water partition coefficient (Wildman–Crippen LogP) is 5.25. The van der Waals surface area contributed by atoms with Crippen LogP contribution in [-0.4, -0.2) is 24.5 Å². The summed E-state index contributed by atoms with van der Waals surface area (Å²) in [5.41, 5.74) is 0.733. The Kier molecular flexibility index (Phi) is 7.80. The van der Waals surface area contributed by atoms with Gasteiger partial charge >= 0.3 is 5.97 Å². The summed E-state index contributed by atoms with van der Waals surface area (Å²) in [6.07, 6.45) is 2.74. The molecule has 27 heavy (non-hydrogen) atoms. The quantitative estimate of drug-likeness (QED) is 0.456. The zero-order valence-corrected chi connectivity index (χ0v) is 16.2. The summed E-state index contributed by atoms with van der Waals surface area (Å²) >= 11 is 5.88. The Morgan fingerprint density at radius 3 is 2.48 bits per heavy atom. The standard InChI is InChI=1S/C21H23ClFNO3/c1-3-4-8-13-27-21(26)15(2)24(17-11-12-19(23)18(22)14-17)20(25)16-9-6-5-7-10-16/h5-7,9-12,14-15H,3-4,8,13H2,1-2H3/t15-/m0/s1. The van der Waals surface area contributed by atoms with Crippen molar-refractivity contribution in [3.63, 3.8) is 0 Å². The molecule has 6 heteroatoms. The Hall–Kier alpha value is -2.40. The normalized spacial score (nSPS) is 11.7. The average molecular weight is 392 g/mol. The first-order valence-corrected chi connectivity index (χ1v) is 9.33. The molecule has 0 aliphatic heterocycles. The lowest BCUT2D eigenvalue weighted by atomic mass is 10.1. The van der Waals surface area contributed by atoms with Gasteiger partial charge < -0.3 is 4.74 Å². The third-order valence-electron chi connectivity index (χ3n) is 4.14. The number of carbonyl (C=O) groups is 2. The Morgan fingerprint density at radius 2 is 1.85 bits per heavy atom. The van der Waals surface area contributed by atoms with Gasteiger partial charge in [-0.1, -0.05) is 49.6 Å². The Bertz CT molecular complexity index is 782. The second-order valence-electron chi connectivity index (χ2n) is 6.19. The maximum absolute atomic E-state index is 13.6. The first-order chi connectivity index (χ1) is 13.0. The number of halogens is 2. The van der Waals surface area contributed by atoms with Gasteiger partial charge in [0.1, 0.15) is 11.9 Å². The average Bonchev–Trinajstić information content (AvgIpc) is 2.68.